The average molecular weight is 260 g/mol. The van der Waals surface area contributed by atoms with Gasteiger partial charge in [0.15, 0.2) is 0 Å². The molecule has 0 aliphatic carbocycles. The Labute approximate surface area is 108 Å². The molecule has 0 saturated carbocycles. The Morgan fingerprint density at radius 3 is 2.22 bits per heavy atom. The van der Waals surface area contributed by atoms with Crippen molar-refractivity contribution in [3.63, 3.8) is 0 Å². The molecule has 0 bridgehead atoms. The number of hydrogen-bond acceptors (Lipinski definition) is 5. The highest BCUT2D eigenvalue weighted by Gasteiger charge is 2.29. The number of rotatable bonds is 5. The molecule has 0 heterocycles. The minimum atomic E-state index is -0.773. The van der Waals surface area contributed by atoms with Gasteiger partial charge in [0.05, 0.1) is 7.11 Å². The normalized spacial score (nSPS) is 14.6. The fourth-order valence-electron chi connectivity index (χ4n) is 1.39. The lowest BCUT2D eigenvalue weighted by atomic mass is 10.1. The highest BCUT2D eigenvalue weighted by atomic mass is 16.6. The van der Waals surface area contributed by atoms with Crippen LogP contribution in [0.3, 0.4) is 0 Å². The number of hydrogen-bond donors (Lipinski definition) is 2. The Hall–Kier alpha value is -1.30. The fraction of sp³-hybridized carbons (Fsp3) is 0.833. The second-order valence-corrected chi connectivity index (χ2v) is 4.99. The fourth-order valence-corrected chi connectivity index (χ4v) is 1.39. The molecule has 0 fully saturated rings. The molecule has 2 N–H and O–H groups in total. The van der Waals surface area contributed by atoms with E-state index in [4.69, 9.17) is 4.74 Å². The number of ether oxygens (including phenoxy) is 2. The molecular weight excluding hydrogens is 236 g/mol. The van der Waals surface area contributed by atoms with Crippen molar-refractivity contribution in [2.45, 2.75) is 52.3 Å². The third-order valence-electron chi connectivity index (χ3n) is 2.15. The van der Waals surface area contributed by atoms with Gasteiger partial charge in [-0.1, -0.05) is 6.92 Å². The molecule has 0 unspecified atom stereocenters. The summed E-state index contributed by atoms with van der Waals surface area (Å²) >= 11 is 0. The molecule has 2 atom stereocenters. The van der Waals surface area contributed by atoms with Gasteiger partial charge < -0.3 is 20.1 Å². The highest BCUT2D eigenvalue weighted by molar-refractivity contribution is 5.82. The predicted octanol–water partition coefficient (Wildman–Crippen LogP) is 1.05. The Balaban J connectivity index is 4.59. The third-order valence-corrected chi connectivity index (χ3v) is 2.15. The standard InChI is InChI=1S/C12H24N2O4/c1-7-13-8(2)9(10(15)17-6)14-11(16)18-12(3,4)5/h8-9,13H,7H2,1-6H3,(H,14,16)/t8-,9+/m1/s1. The topological polar surface area (TPSA) is 76.7 Å². The van der Waals surface area contributed by atoms with Crippen LogP contribution in [0.1, 0.15) is 34.6 Å². The number of carbonyl (C=O) groups is 2. The largest absolute Gasteiger partial charge is 0.467 e. The minimum absolute atomic E-state index is 0.241. The van der Waals surface area contributed by atoms with E-state index in [2.05, 4.69) is 15.4 Å². The maximum Gasteiger partial charge on any atom is 0.408 e. The van der Waals surface area contributed by atoms with E-state index in [1.807, 2.05) is 6.92 Å². The summed E-state index contributed by atoms with van der Waals surface area (Å²) in [6.45, 7) is 9.67. The van der Waals surface area contributed by atoms with Gasteiger partial charge in [-0.2, -0.15) is 0 Å². The molecule has 0 aromatic heterocycles. The molecule has 1 amide bonds. The highest BCUT2D eigenvalue weighted by Crippen LogP contribution is 2.07. The van der Waals surface area contributed by atoms with Crippen LogP contribution >= 0.6 is 0 Å². The monoisotopic (exact) mass is 260 g/mol. The smallest absolute Gasteiger partial charge is 0.408 e. The van der Waals surface area contributed by atoms with Crippen molar-refractivity contribution >= 4 is 12.1 Å². The zero-order valence-electron chi connectivity index (χ0n) is 12.0. The first-order valence-corrected chi connectivity index (χ1v) is 6.02. The molecule has 0 spiro atoms. The molecule has 6 nitrogen and oxygen atoms in total. The molecule has 0 aromatic carbocycles. The molecule has 0 aromatic rings. The lowest BCUT2D eigenvalue weighted by molar-refractivity contribution is -0.143. The van der Waals surface area contributed by atoms with Crippen molar-refractivity contribution in [1.82, 2.24) is 10.6 Å². The maximum atomic E-state index is 11.6. The van der Waals surface area contributed by atoms with Crippen LogP contribution in [0.4, 0.5) is 4.79 Å². The predicted molar refractivity (Wildman–Crippen MR) is 68.3 cm³/mol. The van der Waals surface area contributed by atoms with E-state index in [-0.39, 0.29) is 6.04 Å². The van der Waals surface area contributed by atoms with E-state index in [0.29, 0.717) is 6.54 Å². The van der Waals surface area contributed by atoms with Crippen molar-refractivity contribution in [3.05, 3.63) is 0 Å². The zero-order chi connectivity index (χ0) is 14.3. The van der Waals surface area contributed by atoms with Gasteiger partial charge in [-0.3, -0.25) is 0 Å². The number of nitrogens with one attached hydrogen (secondary N) is 2. The van der Waals surface area contributed by atoms with E-state index >= 15 is 0 Å². The van der Waals surface area contributed by atoms with Gasteiger partial charge in [0.25, 0.3) is 0 Å². The van der Waals surface area contributed by atoms with Crippen molar-refractivity contribution in [1.29, 1.82) is 0 Å². The van der Waals surface area contributed by atoms with Gasteiger partial charge in [-0.25, -0.2) is 9.59 Å². The second kappa shape index (κ2) is 7.20. The van der Waals surface area contributed by atoms with Crippen molar-refractivity contribution in [2.75, 3.05) is 13.7 Å². The van der Waals surface area contributed by atoms with E-state index in [0.717, 1.165) is 0 Å². The summed E-state index contributed by atoms with van der Waals surface area (Å²) in [5.41, 5.74) is -0.605. The molecule has 6 heteroatoms. The third kappa shape index (κ3) is 6.44. The molecule has 0 radical (unpaired) electrons. The Morgan fingerprint density at radius 1 is 1.28 bits per heavy atom. The van der Waals surface area contributed by atoms with E-state index < -0.39 is 23.7 Å². The van der Waals surface area contributed by atoms with Crippen LogP contribution in [0.25, 0.3) is 0 Å². The first-order chi connectivity index (χ1) is 8.21. The first kappa shape index (κ1) is 16.7. The van der Waals surface area contributed by atoms with Crippen LogP contribution in [0.15, 0.2) is 0 Å². The molecule has 0 saturated heterocycles. The number of alkyl carbamates (subject to hydrolysis) is 1. The summed E-state index contributed by atoms with van der Waals surface area (Å²) in [7, 11) is 1.28. The van der Waals surface area contributed by atoms with E-state index in [1.54, 1.807) is 27.7 Å². The van der Waals surface area contributed by atoms with Crippen molar-refractivity contribution in [2.24, 2.45) is 0 Å². The molecule has 18 heavy (non-hydrogen) atoms. The van der Waals surface area contributed by atoms with Crippen molar-refractivity contribution < 1.29 is 19.1 Å². The number of amides is 1. The maximum absolute atomic E-state index is 11.6. The Bertz CT molecular complexity index is 286. The lowest BCUT2D eigenvalue weighted by Gasteiger charge is -2.26. The van der Waals surface area contributed by atoms with E-state index in [1.165, 1.54) is 7.11 Å². The molecular formula is C12H24N2O4. The summed E-state index contributed by atoms with van der Waals surface area (Å²) in [5.74, 6) is -0.505. The molecule has 0 aliphatic heterocycles. The second-order valence-electron chi connectivity index (χ2n) is 4.99. The number of carbonyl (C=O) groups excluding carboxylic acids is 2. The minimum Gasteiger partial charge on any atom is -0.467 e. The summed E-state index contributed by atoms with van der Waals surface area (Å²) in [4.78, 5) is 23.2. The summed E-state index contributed by atoms with van der Waals surface area (Å²) in [6.07, 6.45) is -0.636. The van der Waals surface area contributed by atoms with Gasteiger partial charge in [-0.15, -0.1) is 0 Å². The molecule has 106 valence electrons. The van der Waals surface area contributed by atoms with E-state index in [9.17, 15) is 9.59 Å². The zero-order valence-corrected chi connectivity index (χ0v) is 12.0. The average Bonchev–Trinajstić information content (AvgIpc) is 2.22. The van der Waals surface area contributed by atoms with Gasteiger partial charge in [0.1, 0.15) is 11.6 Å². The summed E-state index contributed by atoms with van der Waals surface area (Å²) in [6, 6.07) is -1.01. The van der Waals surface area contributed by atoms with Gasteiger partial charge >= 0.3 is 12.1 Å². The van der Waals surface area contributed by atoms with Crippen LogP contribution < -0.4 is 10.6 Å². The lowest BCUT2D eigenvalue weighted by Crippen LogP contribution is -2.54. The summed E-state index contributed by atoms with van der Waals surface area (Å²) in [5, 5.41) is 5.57. The van der Waals surface area contributed by atoms with Crippen LogP contribution in [-0.4, -0.2) is 43.4 Å². The SMILES string of the molecule is CCN[C@H](C)[C@H](NC(=O)OC(C)(C)C)C(=O)OC. The number of likely N-dealkylation sites (N-methyl/N-ethyl adjacent to an activating group) is 1. The van der Waals surface area contributed by atoms with Crippen LogP contribution in [0, 0.1) is 0 Å². The first-order valence-electron chi connectivity index (χ1n) is 6.02. The van der Waals surface area contributed by atoms with Gasteiger partial charge in [-0.05, 0) is 34.2 Å². The summed E-state index contributed by atoms with van der Waals surface area (Å²) < 4.78 is 9.77. The van der Waals surface area contributed by atoms with Crippen molar-refractivity contribution in [3.8, 4) is 0 Å². The molecule has 0 rings (SSSR count). The Kier molecular flexibility index (Phi) is 6.68. The van der Waals surface area contributed by atoms with Gasteiger partial charge in [0, 0.05) is 6.04 Å². The quantitative estimate of drug-likeness (QED) is 0.723. The number of esters is 1. The molecule has 0 aliphatic rings. The van der Waals surface area contributed by atoms with Crippen LogP contribution in [-0.2, 0) is 14.3 Å². The Morgan fingerprint density at radius 2 is 1.83 bits per heavy atom. The number of methoxy groups -OCH3 is 1. The van der Waals surface area contributed by atoms with Gasteiger partial charge in [0.2, 0.25) is 0 Å². The van der Waals surface area contributed by atoms with Crippen LogP contribution in [0.2, 0.25) is 0 Å². The van der Waals surface area contributed by atoms with Crippen LogP contribution in [0.5, 0.6) is 0 Å².